The van der Waals surface area contributed by atoms with E-state index in [1.807, 2.05) is 42.2 Å². The fourth-order valence-corrected chi connectivity index (χ4v) is 3.28. The van der Waals surface area contributed by atoms with Crippen molar-refractivity contribution in [1.82, 2.24) is 14.1 Å². The number of benzene rings is 1. The van der Waals surface area contributed by atoms with E-state index in [4.69, 9.17) is 4.18 Å². The van der Waals surface area contributed by atoms with Gasteiger partial charge in [0.1, 0.15) is 6.07 Å². The topological polar surface area (TPSA) is 89.9 Å². The van der Waals surface area contributed by atoms with Gasteiger partial charge in [0.15, 0.2) is 0 Å². The Hall–Kier alpha value is -2.63. The van der Waals surface area contributed by atoms with Crippen LogP contribution in [0.3, 0.4) is 0 Å². The molecule has 0 aliphatic carbocycles. The normalized spacial score (nSPS) is 11.8. The first-order valence-corrected chi connectivity index (χ1v) is 9.42. The largest absolute Gasteiger partial charge is 0.312 e. The lowest BCUT2D eigenvalue weighted by molar-refractivity contribution is 0.312. The molecule has 0 amide bonds. The molecular weight excluding hydrogens is 340 g/mol. The molecule has 3 aromatic rings. The Labute approximate surface area is 146 Å². The lowest BCUT2D eigenvalue weighted by Gasteiger charge is -2.09. The van der Waals surface area contributed by atoms with Crippen molar-refractivity contribution in [3.63, 3.8) is 0 Å². The second-order valence-corrected chi connectivity index (χ2v) is 7.66. The second kappa shape index (κ2) is 6.02. The molecule has 8 heteroatoms. The maximum absolute atomic E-state index is 11.2. The molecule has 1 aromatic carbocycles. The van der Waals surface area contributed by atoms with E-state index in [0.29, 0.717) is 28.1 Å². The van der Waals surface area contributed by atoms with Gasteiger partial charge in [-0.2, -0.15) is 13.7 Å². The van der Waals surface area contributed by atoms with Crippen LogP contribution in [0.25, 0.3) is 17.0 Å². The summed E-state index contributed by atoms with van der Waals surface area (Å²) in [6.45, 7) is 3.85. The number of hydrogen-bond donors (Lipinski definition) is 0. The lowest BCUT2D eigenvalue weighted by Crippen LogP contribution is -2.06. The van der Waals surface area contributed by atoms with E-state index in [2.05, 4.69) is 11.1 Å². The summed E-state index contributed by atoms with van der Waals surface area (Å²) < 4.78 is 31.1. The Morgan fingerprint density at radius 2 is 1.88 bits per heavy atom. The molecule has 7 nitrogen and oxygen atoms in total. The van der Waals surface area contributed by atoms with E-state index in [0.717, 1.165) is 17.6 Å². The molecule has 130 valence electrons. The van der Waals surface area contributed by atoms with Crippen LogP contribution in [0.5, 0.6) is 0 Å². The molecule has 2 heterocycles. The molecule has 0 N–H and O–H groups in total. The maximum atomic E-state index is 11.2. The van der Waals surface area contributed by atoms with Gasteiger partial charge < -0.3 is 4.57 Å². The zero-order chi connectivity index (χ0) is 18.4. The fraction of sp³-hybridized carbons (Fsp3) is 0.294. The molecule has 0 spiro atoms. The highest BCUT2D eigenvalue weighted by atomic mass is 32.2. The molecule has 0 saturated heterocycles. The van der Waals surface area contributed by atoms with E-state index in [9.17, 15) is 13.7 Å². The summed E-state index contributed by atoms with van der Waals surface area (Å²) in [4.78, 5) is 4.66. The number of aryl methyl sites for hydroxylation is 3. The Kier molecular flexibility index (Phi) is 4.14. The maximum Gasteiger partial charge on any atom is 0.264 e. The number of fused-ring (bicyclic) bond motifs is 1. The first kappa shape index (κ1) is 17.2. The number of nitriles is 1. The van der Waals surface area contributed by atoms with Crippen molar-refractivity contribution in [3.05, 3.63) is 46.8 Å². The average Bonchev–Trinajstić information content (AvgIpc) is 3.03. The highest BCUT2D eigenvalue weighted by Crippen LogP contribution is 2.25. The van der Waals surface area contributed by atoms with Gasteiger partial charge in [-0.25, -0.2) is 4.98 Å². The summed E-state index contributed by atoms with van der Waals surface area (Å²) >= 11 is 0. The van der Waals surface area contributed by atoms with Gasteiger partial charge in [-0.1, -0.05) is 0 Å². The number of hydrogen-bond acceptors (Lipinski definition) is 5. The first-order chi connectivity index (χ1) is 11.7. The summed E-state index contributed by atoms with van der Waals surface area (Å²) in [6.07, 6.45) is 0.993. The number of aromatic nitrogens is 3. The Morgan fingerprint density at radius 1 is 1.24 bits per heavy atom. The summed E-state index contributed by atoms with van der Waals surface area (Å²) in [7, 11) is -1.70. The van der Waals surface area contributed by atoms with Crippen LogP contribution in [0.15, 0.2) is 24.3 Å². The summed E-state index contributed by atoms with van der Waals surface area (Å²) in [6, 6.07) is 9.55. The molecule has 2 aromatic heterocycles. The van der Waals surface area contributed by atoms with Gasteiger partial charge in [0, 0.05) is 18.4 Å². The summed E-state index contributed by atoms with van der Waals surface area (Å²) in [5, 5.41) is 9.50. The summed E-state index contributed by atoms with van der Waals surface area (Å²) in [5.74, 6) is 0.702. The minimum Gasteiger partial charge on any atom is -0.312 e. The van der Waals surface area contributed by atoms with Crippen LogP contribution in [0, 0.1) is 25.2 Å². The van der Waals surface area contributed by atoms with Crippen molar-refractivity contribution in [2.45, 2.75) is 20.5 Å². The molecule has 0 aliphatic heterocycles. The van der Waals surface area contributed by atoms with Crippen LogP contribution in [0.2, 0.25) is 0 Å². The Morgan fingerprint density at radius 3 is 2.44 bits per heavy atom. The van der Waals surface area contributed by atoms with Crippen molar-refractivity contribution >= 4 is 21.2 Å². The predicted molar refractivity (Wildman–Crippen MR) is 93.9 cm³/mol. The monoisotopic (exact) mass is 358 g/mol. The van der Waals surface area contributed by atoms with Gasteiger partial charge in [-0.15, -0.1) is 0 Å². The van der Waals surface area contributed by atoms with Gasteiger partial charge in [-0.3, -0.25) is 8.75 Å². The van der Waals surface area contributed by atoms with Crippen LogP contribution >= 0.6 is 0 Å². The van der Waals surface area contributed by atoms with Gasteiger partial charge in [0.05, 0.1) is 29.5 Å². The molecule has 0 atom stereocenters. The molecular formula is C17H18N4O3S. The van der Waals surface area contributed by atoms with E-state index < -0.39 is 10.1 Å². The molecule has 0 aliphatic rings. The van der Waals surface area contributed by atoms with Crippen LogP contribution < -0.4 is 0 Å². The third-order valence-electron chi connectivity index (χ3n) is 4.04. The van der Waals surface area contributed by atoms with Crippen LogP contribution in [-0.2, 0) is 28.0 Å². The third kappa shape index (κ3) is 3.16. The van der Waals surface area contributed by atoms with Crippen molar-refractivity contribution in [2.24, 2.45) is 7.05 Å². The second-order valence-electron chi connectivity index (χ2n) is 6.01. The summed E-state index contributed by atoms with van der Waals surface area (Å²) in [5.41, 5.74) is 4.41. The van der Waals surface area contributed by atoms with Crippen LogP contribution in [-0.4, -0.2) is 28.8 Å². The third-order valence-corrected chi connectivity index (χ3v) is 4.58. The number of imidazole rings is 1. The standard InChI is InChI=1S/C17H18N4O3S/c1-11-5-6-12(2)21(11)17-19-15-8-13(10-24-25(4,22)23)7-14(9-18)16(15)20(17)3/h5-8H,10H2,1-4H3. The smallest absolute Gasteiger partial charge is 0.264 e. The predicted octanol–water partition coefficient (Wildman–Crippen LogP) is 2.33. The first-order valence-electron chi connectivity index (χ1n) is 7.60. The number of nitrogens with zero attached hydrogens (tertiary/aromatic N) is 4. The molecule has 3 rings (SSSR count). The van der Waals surface area contributed by atoms with E-state index in [1.54, 1.807) is 12.1 Å². The van der Waals surface area contributed by atoms with Crippen LogP contribution in [0.4, 0.5) is 0 Å². The lowest BCUT2D eigenvalue weighted by atomic mass is 10.1. The van der Waals surface area contributed by atoms with Crippen molar-refractivity contribution in [3.8, 4) is 12.0 Å². The average molecular weight is 358 g/mol. The van der Waals surface area contributed by atoms with Gasteiger partial charge in [0.2, 0.25) is 5.95 Å². The zero-order valence-corrected chi connectivity index (χ0v) is 15.3. The van der Waals surface area contributed by atoms with Crippen molar-refractivity contribution in [1.29, 1.82) is 5.26 Å². The van der Waals surface area contributed by atoms with E-state index >= 15 is 0 Å². The molecule has 0 fully saturated rings. The van der Waals surface area contributed by atoms with Crippen molar-refractivity contribution < 1.29 is 12.6 Å². The SMILES string of the molecule is Cc1ccc(C)n1-c1nc2cc(COS(C)(=O)=O)cc(C#N)c2n1C. The molecule has 0 unspecified atom stereocenters. The zero-order valence-electron chi connectivity index (χ0n) is 14.4. The minimum atomic E-state index is -3.56. The Bertz CT molecular complexity index is 1100. The van der Waals surface area contributed by atoms with Gasteiger partial charge in [-0.05, 0) is 43.7 Å². The molecule has 0 radical (unpaired) electrons. The molecule has 0 bridgehead atoms. The van der Waals surface area contributed by atoms with Gasteiger partial charge in [0.25, 0.3) is 10.1 Å². The quantitative estimate of drug-likeness (QED) is 0.668. The fourth-order valence-electron chi connectivity index (χ4n) is 2.93. The highest BCUT2D eigenvalue weighted by molar-refractivity contribution is 7.85. The van der Waals surface area contributed by atoms with Crippen LogP contribution in [0.1, 0.15) is 22.5 Å². The molecule has 25 heavy (non-hydrogen) atoms. The van der Waals surface area contributed by atoms with E-state index in [1.165, 1.54) is 0 Å². The van der Waals surface area contributed by atoms with Crippen molar-refractivity contribution in [2.75, 3.05) is 6.26 Å². The Balaban J connectivity index is 2.19. The minimum absolute atomic E-state index is 0.128. The van der Waals surface area contributed by atoms with Gasteiger partial charge >= 0.3 is 0 Å². The molecule has 0 saturated carbocycles. The van der Waals surface area contributed by atoms with E-state index in [-0.39, 0.29) is 6.61 Å². The highest BCUT2D eigenvalue weighted by Gasteiger charge is 2.17. The number of rotatable bonds is 4.